The molecular weight excluding hydrogens is 605 g/mol. The zero-order valence-electron chi connectivity index (χ0n) is 23.7. The fourth-order valence-corrected chi connectivity index (χ4v) is 6.74. The minimum Gasteiger partial charge on any atom is -0.480 e. The van der Waals surface area contributed by atoms with Gasteiger partial charge in [-0.1, -0.05) is 147 Å². The molecule has 2 heterocycles. The van der Waals surface area contributed by atoms with Crippen LogP contribution in [0.5, 0.6) is 0 Å². The lowest BCUT2D eigenvalue weighted by atomic mass is 10.0. The lowest BCUT2D eigenvalue weighted by Crippen LogP contribution is -2.47. The molecule has 6 nitrogen and oxygen atoms in total. The number of amides is 2. The monoisotopic (exact) mass is 636 g/mol. The van der Waals surface area contributed by atoms with Crippen molar-refractivity contribution in [2.75, 3.05) is 0 Å². The van der Waals surface area contributed by atoms with E-state index in [4.69, 9.17) is 24.4 Å². The van der Waals surface area contributed by atoms with Crippen LogP contribution in [0.15, 0.2) is 94.8 Å². The Hall–Kier alpha value is -3.31. The van der Waals surface area contributed by atoms with E-state index in [2.05, 4.69) is 0 Å². The Labute approximate surface area is 266 Å². The number of nitrogens with zero attached hydrogens (tertiary/aromatic N) is 2. The molecule has 0 saturated carbocycles. The summed E-state index contributed by atoms with van der Waals surface area (Å²) >= 11 is 12.9. The Balaban J connectivity index is 0.000000235. The van der Waals surface area contributed by atoms with E-state index in [-0.39, 0.29) is 28.1 Å². The second-order valence-electron chi connectivity index (χ2n) is 9.81. The Kier molecular flexibility index (Phi) is 12.5. The number of benzene rings is 2. The van der Waals surface area contributed by atoms with Crippen LogP contribution in [0.3, 0.4) is 0 Å². The van der Waals surface area contributed by atoms with Crippen molar-refractivity contribution >= 4 is 86.5 Å². The first-order valence-corrected chi connectivity index (χ1v) is 15.7. The van der Waals surface area contributed by atoms with Crippen molar-refractivity contribution in [1.82, 2.24) is 9.80 Å². The molecule has 2 aromatic rings. The van der Waals surface area contributed by atoms with Gasteiger partial charge in [0.05, 0.1) is 9.81 Å². The molecule has 0 bridgehead atoms. The first-order valence-electron chi connectivity index (χ1n) is 13.2. The molecule has 218 valence electrons. The van der Waals surface area contributed by atoms with E-state index < -0.39 is 12.0 Å². The van der Waals surface area contributed by atoms with Crippen molar-refractivity contribution in [2.24, 2.45) is 5.92 Å². The van der Waals surface area contributed by atoms with E-state index in [0.29, 0.717) is 14.1 Å². The highest BCUT2D eigenvalue weighted by molar-refractivity contribution is 8.27. The molecule has 4 rings (SSSR count). The number of carboxylic acid groups (broad SMARTS) is 1. The van der Waals surface area contributed by atoms with E-state index in [1.165, 1.54) is 16.7 Å². The zero-order valence-corrected chi connectivity index (χ0v) is 26.9. The van der Waals surface area contributed by atoms with E-state index >= 15 is 0 Å². The van der Waals surface area contributed by atoms with Gasteiger partial charge in [0.15, 0.2) is 0 Å². The molecule has 42 heavy (non-hydrogen) atoms. The largest absolute Gasteiger partial charge is 0.480 e. The summed E-state index contributed by atoms with van der Waals surface area (Å²) in [6, 6.07) is 18.8. The number of carbonyl (C=O) groups excluding carboxylic acids is 2. The van der Waals surface area contributed by atoms with Crippen molar-refractivity contribution < 1.29 is 19.5 Å². The first kappa shape index (κ1) is 33.2. The molecule has 1 unspecified atom stereocenters. The number of aliphatic carboxylic acids is 1. The van der Waals surface area contributed by atoms with Crippen LogP contribution in [-0.2, 0) is 14.4 Å². The van der Waals surface area contributed by atoms with Crippen LogP contribution in [0.25, 0.3) is 12.2 Å². The lowest BCUT2D eigenvalue weighted by molar-refractivity contribution is -0.146. The van der Waals surface area contributed by atoms with E-state index in [1.807, 2.05) is 98.8 Å². The highest BCUT2D eigenvalue weighted by atomic mass is 32.2. The maximum absolute atomic E-state index is 12.5. The summed E-state index contributed by atoms with van der Waals surface area (Å²) in [5.74, 6) is -1.62. The van der Waals surface area contributed by atoms with Crippen molar-refractivity contribution in [2.45, 2.75) is 39.8 Å². The Bertz CT molecular complexity index is 1450. The Morgan fingerprint density at radius 2 is 1.14 bits per heavy atom. The van der Waals surface area contributed by atoms with Crippen LogP contribution in [0.1, 0.15) is 38.8 Å². The molecule has 2 aromatic carbocycles. The number of thioether (sulfide) groups is 2. The van der Waals surface area contributed by atoms with Gasteiger partial charge in [0.1, 0.15) is 14.7 Å². The zero-order chi connectivity index (χ0) is 30.8. The fraction of sp³-hybridized carbons (Fsp3) is 0.219. The van der Waals surface area contributed by atoms with Crippen molar-refractivity contribution in [1.29, 1.82) is 0 Å². The van der Waals surface area contributed by atoms with Crippen LogP contribution in [-0.4, -0.2) is 53.4 Å². The minimum atomic E-state index is -1.04. The summed E-state index contributed by atoms with van der Waals surface area (Å²) in [4.78, 5) is 40.0. The van der Waals surface area contributed by atoms with Crippen LogP contribution >= 0.6 is 48.0 Å². The van der Waals surface area contributed by atoms with Gasteiger partial charge in [0.2, 0.25) is 0 Å². The van der Waals surface area contributed by atoms with Gasteiger partial charge in [0.25, 0.3) is 11.8 Å². The molecular formula is C32H32N2O4S4. The fourth-order valence-electron chi connectivity index (χ4n) is 3.99. The van der Waals surface area contributed by atoms with E-state index in [9.17, 15) is 19.5 Å². The van der Waals surface area contributed by atoms with Crippen LogP contribution in [0.4, 0.5) is 0 Å². The molecule has 2 saturated heterocycles. The number of allylic oxidation sites excluding steroid dienone is 4. The first-order chi connectivity index (χ1) is 20.0. The predicted molar refractivity (Wildman–Crippen MR) is 183 cm³/mol. The molecule has 1 atom stereocenters. The maximum atomic E-state index is 12.5. The number of rotatable bonds is 8. The highest BCUT2D eigenvalue weighted by Crippen LogP contribution is 2.34. The molecule has 0 spiro atoms. The maximum Gasteiger partial charge on any atom is 0.327 e. The molecule has 0 aromatic heterocycles. The third kappa shape index (κ3) is 8.84. The summed E-state index contributed by atoms with van der Waals surface area (Å²) < 4.78 is 0.926. The van der Waals surface area contributed by atoms with Gasteiger partial charge in [-0.25, -0.2) is 4.79 Å². The SMILES string of the molecule is CC(C)C(C(=O)O)N1C(=O)/C(=C/C=C/c2ccccc2)SC1=S.CC(C)N1C(=O)/C(=C/C=C/c2ccccc2)SC1=S. The molecule has 2 aliphatic rings. The topological polar surface area (TPSA) is 77.9 Å². The van der Waals surface area contributed by atoms with Gasteiger partial charge in [-0.3, -0.25) is 19.4 Å². The predicted octanol–water partition coefficient (Wildman–Crippen LogP) is 7.41. The molecule has 2 fully saturated rings. The Morgan fingerprint density at radius 1 is 0.738 bits per heavy atom. The third-order valence-electron chi connectivity index (χ3n) is 6.00. The van der Waals surface area contributed by atoms with E-state index in [0.717, 1.165) is 22.9 Å². The average Bonchev–Trinajstić information content (AvgIpc) is 3.38. The third-order valence-corrected chi connectivity index (χ3v) is 8.70. The second kappa shape index (κ2) is 15.8. The van der Waals surface area contributed by atoms with Crippen molar-refractivity contribution in [3.8, 4) is 0 Å². The van der Waals surface area contributed by atoms with Crippen LogP contribution in [0.2, 0.25) is 0 Å². The summed E-state index contributed by atoms with van der Waals surface area (Å²) in [6.07, 6.45) is 11.0. The van der Waals surface area contributed by atoms with Crippen LogP contribution in [0, 0.1) is 5.92 Å². The molecule has 10 heteroatoms. The summed E-state index contributed by atoms with van der Waals surface area (Å²) in [6.45, 7) is 7.45. The van der Waals surface area contributed by atoms with Gasteiger partial charge in [-0.05, 0) is 43.0 Å². The van der Waals surface area contributed by atoms with Gasteiger partial charge < -0.3 is 5.11 Å². The number of carbonyl (C=O) groups is 3. The van der Waals surface area contributed by atoms with Gasteiger partial charge in [0, 0.05) is 6.04 Å². The summed E-state index contributed by atoms with van der Waals surface area (Å²) in [7, 11) is 0. The lowest BCUT2D eigenvalue weighted by Gasteiger charge is -2.26. The molecule has 2 amide bonds. The summed E-state index contributed by atoms with van der Waals surface area (Å²) in [5.41, 5.74) is 2.13. The number of hydrogen-bond acceptors (Lipinski definition) is 7. The second-order valence-corrected chi connectivity index (χ2v) is 13.2. The minimum absolute atomic E-state index is 0.00251. The molecule has 0 aliphatic carbocycles. The number of hydrogen-bond donors (Lipinski definition) is 1. The smallest absolute Gasteiger partial charge is 0.327 e. The molecule has 2 aliphatic heterocycles. The standard InChI is InChI=1S/C17H17NO3S2.C15H15NOS2/c1-11(2)14(16(20)21)18-15(19)13(23-17(18)22)10-6-9-12-7-4-3-5-8-12;1-11(2)16-14(17)13(19-15(16)18)10-6-9-12-7-4-3-5-8-12/h3-11,14H,1-2H3,(H,20,21);3-11H,1-2H3/b2*9-6+,13-10-. The van der Waals surface area contributed by atoms with Crippen molar-refractivity contribution in [3.63, 3.8) is 0 Å². The van der Waals surface area contributed by atoms with Gasteiger partial charge >= 0.3 is 5.97 Å². The van der Waals surface area contributed by atoms with Gasteiger partial charge in [-0.2, -0.15) is 0 Å². The summed E-state index contributed by atoms with van der Waals surface area (Å²) in [5, 5.41) is 9.35. The highest BCUT2D eigenvalue weighted by Gasteiger charge is 2.41. The van der Waals surface area contributed by atoms with E-state index in [1.54, 1.807) is 30.9 Å². The molecule has 1 N–H and O–H groups in total. The van der Waals surface area contributed by atoms with Gasteiger partial charge in [-0.15, -0.1) is 0 Å². The average molecular weight is 637 g/mol. The van der Waals surface area contributed by atoms with Crippen molar-refractivity contribution in [3.05, 3.63) is 106 Å². The number of thiocarbonyl (C=S) groups is 2. The quantitative estimate of drug-likeness (QED) is 0.237. The number of carboxylic acids is 1. The Morgan fingerprint density at radius 3 is 1.50 bits per heavy atom. The molecule has 0 radical (unpaired) electrons. The van der Waals surface area contributed by atoms with Crippen LogP contribution < -0.4 is 0 Å². The normalized spacial score (nSPS) is 18.3.